The minimum Gasteiger partial charge on any atom is -0.382 e. The molecule has 4 aromatic rings. The molecule has 0 radical (unpaired) electrons. The van der Waals surface area contributed by atoms with Crippen LogP contribution in [0.15, 0.2) is 48.8 Å². The number of nitrogens with two attached hydrogens (primary N) is 1. The van der Waals surface area contributed by atoms with Gasteiger partial charge in [0.05, 0.1) is 42.2 Å². The van der Waals surface area contributed by atoms with Crippen molar-refractivity contribution >= 4 is 34.4 Å². The molecule has 3 aliphatic heterocycles. The molecule has 180 valence electrons. The lowest BCUT2D eigenvalue weighted by atomic mass is 9.81. The highest BCUT2D eigenvalue weighted by molar-refractivity contribution is 6.23. The van der Waals surface area contributed by atoms with Crippen LogP contribution in [0.2, 0.25) is 0 Å². The second-order valence-corrected chi connectivity index (χ2v) is 9.29. The highest BCUT2D eigenvalue weighted by Gasteiger charge is 2.63. The zero-order valence-electron chi connectivity index (χ0n) is 18.9. The van der Waals surface area contributed by atoms with E-state index in [1.165, 1.54) is 12.3 Å². The summed E-state index contributed by atoms with van der Waals surface area (Å²) in [5.41, 5.74) is 7.84. The Labute approximate surface area is 203 Å². The van der Waals surface area contributed by atoms with E-state index in [4.69, 9.17) is 10.5 Å². The van der Waals surface area contributed by atoms with Crippen LogP contribution >= 0.6 is 0 Å². The van der Waals surface area contributed by atoms with Crippen molar-refractivity contribution in [2.75, 3.05) is 10.6 Å². The SMILES string of the molecule is Nc1nc(-c2nn(Cc3ccccc3F)c3ncccc23)ncc1N1C(=O)C2C3CCC(O3)C2C1=O. The molecule has 2 bridgehead atoms. The summed E-state index contributed by atoms with van der Waals surface area (Å²) < 4.78 is 21.7. The van der Waals surface area contributed by atoms with Crippen LogP contribution < -0.4 is 10.6 Å². The summed E-state index contributed by atoms with van der Waals surface area (Å²) in [6, 6.07) is 10.0. The van der Waals surface area contributed by atoms with Crippen LogP contribution in [-0.4, -0.2) is 48.8 Å². The van der Waals surface area contributed by atoms with Gasteiger partial charge in [-0.15, -0.1) is 0 Å². The molecule has 3 fully saturated rings. The third-order valence-electron chi connectivity index (χ3n) is 7.32. The van der Waals surface area contributed by atoms with Gasteiger partial charge < -0.3 is 10.5 Å². The number of aromatic nitrogens is 5. The maximum absolute atomic E-state index is 14.3. The zero-order chi connectivity index (χ0) is 24.6. The number of anilines is 2. The number of ether oxygens (including phenoxy) is 1. The number of pyridine rings is 1. The molecule has 3 saturated heterocycles. The average Bonchev–Trinajstić information content (AvgIpc) is 3.64. The van der Waals surface area contributed by atoms with E-state index in [9.17, 15) is 14.0 Å². The van der Waals surface area contributed by atoms with Crippen LogP contribution in [0.1, 0.15) is 18.4 Å². The fraction of sp³-hybridized carbons (Fsp3) is 0.280. The number of hydrogen-bond donors (Lipinski definition) is 1. The van der Waals surface area contributed by atoms with Crippen LogP contribution in [0.25, 0.3) is 22.6 Å². The van der Waals surface area contributed by atoms with E-state index in [0.29, 0.717) is 22.3 Å². The van der Waals surface area contributed by atoms with Gasteiger partial charge in [-0.25, -0.2) is 28.9 Å². The lowest BCUT2D eigenvalue weighted by Gasteiger charge is -2.18. The van der Waals surface area contributed by atoms with Gasteiger partial charge in [-0.05, 0) is 31.0 Å². The second kappa shape index (κ2) is 7.62. The molecule has 36 heavy (non-hydrogen) atoms. The van der Waals surface area contributed by atoms with Gasteiger partial charge in [0, 0.05) is 11.8 Å². The summed E-state index contributed by atoms with van der Waals surface area (Å²) in [4.78, 5) is 40.6. The van der Waals surface area contributed by atoms with E-state index in [0.717, 1.165) is 17.7 Å². The normalized spacial score (nSPS) is 24.8. The Morgan fingerprint density at radius 1 is 1.03 bits per heavy atom. The summed E-state index contributed by atoms with van der Waals surface area (Å²) in [5.74, 6) is -1.71. The molecule has 6 heterocycles. The Morgan fingerprint density at radius 2 is 1.78 bits per heavy atom. The Hall–Kier alpha value is -4.25. The van der Waals surface area contributed by atoms with Crippen molar-refractivity contribution in [2.45, 2.75) is 31.6 Å². The van der Waals surface area contributed by atoms with Gasteiger partial charge in [-0.3, -0.25) is 9.59 Å². The van der Waals surface area contributed by atoms with Crippen molar-refractivity contribution in [1.82, 2.24) is 24.7 Å². The maximum Gasteiger partial charge on any atom is 0.240 e. The van der Waals surface area contributed by atoms with Crippen molar-refractivity contribution in [1.29, 1.82) is 0 Å². The number of rotatable bonds is 4. The third kappa shape index (κ3) is 2.92. The predicted octanol–water partition coefficient (Wildman–Crippen LogP) is 2.32. The summed E-state index contributed by atoms with van der Waals surface area (Å²) in [7, 11) is 0. The fourth-order valence-corrected chi connectivity index (χ4v) is 5.70. The average molecular weight is 485 g/mol. The van der Waals surface area contributed by atoms with Gasteiger partial charge >= 0.3 is 0 Å². The zero-order valence-corrected chi connectivity index (χ0v) is 18.9. The first-order valence-corrected chi connectivity index (χ1v) is 11.7. The maximum atomic E-state index is 14.3. The molecule has 1 aromatic carbocycles. The molecular formula is C25H20FN7O3. The number of benzene rings is 1. The number of carbonyl (C=O) groups is 2. The van der Waals surface area contributed by atoms with Gasteiger partial charge in [-0.2, -0.15) is 5.10 Å². The lowest BCUT2D eigenvalue weighted by Crippen LogP contribution is -2.35. The first-order valence-electron chi connectivity index (χ1n) is 11.7. The van der Waals surface area contributed by atoms with Crippen molar-refractivity contribution in [3.63, 3.8) is 0 Å². The minimum absolute atomic E-state index is 0.00404. The number of nitrogens with zero attached hydrogens (tertiary/aromatic N) is 6. The summed E-state index contributed by atoms with van der Waals surface area (Å²) in [5, 5.41) is 5.28. The number of nitrogen functional groups attached to an aromatic ring is 1. The Balaban J connectivity index is 1.26. The molecule has 11 heteroatoms. The second-order valence-electron chi connectivity index (χ2n) is 9.29. The Morgan fingerprint density at radius 3 is 2.50 bits per heavy atom. The standard InChI is InChI=1S/C25H20FN7O3/c26-14-6-2-1-4-12(14)11-32-23-13(5-3-9-28-23)20(31-32)22-29-10-15(21(27)30-22)33-24(34)18-16-7-8-17(36-16)19(18)25(33)35/h1-6,9-10,16-19H,7-8,11H2,(H2,27,29,30). The quantitative estimate of drug-likeness (QED) is 0.436. The molecule has 7 rings (SSSR count). The lowest BCUT2D eigenvalue weighted by molar-refractivity contribution is -0.124. The summed E-state index contributed by atoms with van der Waals surface area (Å²) in [6.07, 6.45) is 4.12. The molecule has 0 aliphatic carbocycles. The van der Waals surface area contributed by atoms with Crippen molar-refractivity contribution in [3.8, 4) is 11.5 Å². The molecular weight excluding hydrogens is 465 g/mol. The number of fused-ring (bicyclic) bond motifs is 6. The highest BCUT2D eigenvalue weighted by atomic mass is 19.1. The molecule has 4 unspecified atom stereocenters. The third-order valence-corrected chi connectivity index (χ3v) is 7.32. The van der Waals surface area contributed by atoms with Gasteiger partial charge in [0.2, 0.25) is 11.8 Å². The molecule has 0 saturated carbocycles. The van der Waals surface area contributed by atoms with Gasteiger partial charge in [0.1, 0.15) is 17.2 Å². The molecule has 3 aromatic heterocycles. The van der Waals surface area contributed by atoms with Crippen LogP contribution in [0.4, 0.5) is 15.9 Å². The highest BCUT2D eigenvalue weighted by Crippen LogP contribution is 2.49. The molecule has 4 atom stereocenters. The Bertz CT molecular complexity index is 1540. The van der Waals surface area contributed by atoms with Crippen LogP contribution in [-0.2, 0) is 20.9 Å². The fourth-order valence-electron chi connectivity index (χ4n) is 5.70. The van der Waals surface area contributed by atoms with Gasteiger partial charge in [0.15, 0.2) is 17.3 Å². The van der Waals surface area contributed by atoms with E-state index >= 15 is 0 Å². The Kier molecular flexibility index (Phi) is 4.46. The van der Waals surface area contributed by atoms with E-state index in [2.05, 4.69) is 20.1 Å². The first-order chi connectivity index (χ1) is 17.5. The molecule has 2 amide bonds. The number of carbonyl (C=O) groups excluding carboxylic acids is 2. The van der Waals surface area contributed by atoms with E-state index in [-0.39, 0.29) is 53.7 Å². The molecule has 10 nitrogen and oxygen atoms in total. The van der Waals surface area contributed by atoms with E-state index < -0.39 is 11.8 Å². The molecule has 2 N–H and O–H groups in total. The monoisotopic (exact) mass is 485 g/mol. The summed E-state index contributed by atoms with van der Waals surface area (Å²) in [6.45, 7) is 0.164. The number of amides is 2. The predicted molar refractivity (Wildman–Crippen MR) is 126 cm³/mol. The van der Waals surface area contributed by atoms with Crippen molar-refractivity contribution < 1.29 is 18.7 Å². The number of halogens is 1. The smallest absolute Gasteiger partial charge is 0.240 e. The number of hydrogen-bond acceptors (Lipinski definition) is 8. The van der Waals surface area contributed by atoms with Crippen molar-refractivity contribution in [3.05, 3.63) is 60.2 Å². The summed E-state index contributed by atoms with van der Waals surface area (Å²) >= 11 is 0. The minimum atomic E-state index is -0.473. The molecule has 0 spiro atoms. The van der Waals surface area contributed by atoms with E-state index in [1.807, 2.05) is 6.07 Å². The largest absolute Gasteiger partial charge is 0.382 e. The molecule has 3 aliphatic rings. The van der Waals surface area contributed by atoms with Crippen LogP contribution in [0.3, 0.4) is 0 Å². The van der Waals surface area contributed by atoms with Crippen LogP contribution in [0, 0.1) is 17.7 Å². The van der Waals surface area contributed by atoms with Crippen LogP contribution in [0.5, 0.6) is 0 Å². The van der Waals surface area contributed by atoms with Gasteiger partial charge in [0.25, 0.3) is 0 Å². The topological polar surface area (TPSA) is 129 Å². The van der Waals surface area contributed by atoms with Gasteiger partial charge in [-0.1, -0.05) is 18.2 Å². The van der Waals surface area contributed by atoms with E-state index in [1.54, 1.807) is 35.1 Å². The number of imide groups is 1. The first kappa shape index (κ1) is 21.1. The van der Waals surface area contributed by atoms with Crippen molar-refractivity contribution in [2.24, 2.45) is 11.8 Å².